The molecule has 20 heavy (non-hydrogen) atoms. The van der Waals surface area contributed by atoms with Crippen molar-refractivity contribution in [1.82, 2.24) is 16.0 Å². The van der Waals surface area contributed by atoms with E-state index in [9.17, 15) is 19.5 Å². The number of urea groups is 1. The van der Waals surface area contributed by atoms with E-state index in [4.69, 9.17) is 0 Å². The standard InChI is InChI=1S/C13H23N3O4/c1-8(2)15-10(17)6-7-14-12(20)16-13(3,11(18)19)9-4-5-9/h8-9H,4-7H2,1-3H3,(H,15,17)(H,18,19)(H2,14,16,20). The molecule has 1 atom stereocenters. The fraction of sp³-hybridized carbons (Fsp3) is 0.769. The van der Waals surface area contributed by atoms with Crippen molar-refractivity contribution in [3.63, 3.8) is 0 Å². The van der Waals surface area contributed by atoms with Crippen LogP contribution in [0, 0.1) is 5.92 Å². The highest BCUT2D eigenvalue weighted by atomic mass is 16.4. The summed E-state index contributed by atoms with van der Waals surface area (Å²) in [5.41, 5.74) is -1.23. The summed E-state index contributed by atoms with van der Waals surface area (Å²) in [6.07, 6.45) is 1.78. The monoisotopic (exact) mass is 285 g/mol. The van der Waals surface area contributed by atoms with Crippen molar-refractivity contribution in [3.8, 4) is 0 Å². The number of hydrogen-bond donors (Lipinski definition) is 4. The SMILES string of the molecule is CC(C)NC(=O)CCNC(=O)NC(C)(C(=O)O)C1CC1. The Kier molecular flexibility index (Phi) is 5.35. The first-order chi connectivity index (χ1) is 9.25. The van der Waals surface area contributed by atoms with Crippen LogP contribution < -0.4 is 16.0 Å². The molecule has 1 aliphatic carbocycles. The van der Waals surface area contributed by atoms with Gasteiger partial charge in [-0.1, -0.05) is 0 Å². The Morgan fingerprint density at radius 2 is 1.90 bits per heavy atom. The molecule has 7 heteroatoms. The van der Waals surface area contributed by atoms with Gasteiger partial charge in [0.1, 0.15) is 5.54 Å². The topological polar surface area (TPSA) is 108 Å². The van der Waals surface area contributed by atoms with E-state index in [2.05, 4.69) is 16.0 Å². The minimum atomic E-state index is -1.23. The van der Waals surface area contributed by atoms with Gasteiger partial charge in [0.25, 0.3) is 0 Å². The number of amides is 3. The van der Waals surface area contributed by atoms with Gasteiger partial charge in [0.15, 0.2) is 0 Å². The number of aliphatic carboxylic acids is 1. The zero-order chi connectivity index (χ0) is 15.3. The molecule has 7 nitrogen and oxygen atoms in total. The van der Waals surface area contributed by atoms with Crippen molar-refractivity contribution in [2.45, 2.75) is 51.6 Å². The minimum absolute atomic E-state index is 0.0185. The number of rotatable bonds is 7. The van der Waals surface area contributed by atoms with Crippen LogP contribution in [0.4, 0.5) is 4.79 Å². The molecule has 0 spiro atoms. The molecule has 0 bridgehead atoms. The quantitative estimate of drug-likeness (QED) is 0.545. The third-order valence-corrected chi connectivity index (χ3v) is 3.30. The van der Waals surface area contributed by atoms with E-state index in [0.29, 0.717) is 0 Å². The second-order valence-electron chi connectivity index (χ2n) is 5.63. The van der Waals surface area contributed by atoms with Gasteiger partial charge in [-0.15, -0.1) is 0 Å². The van der Waals surface area contributed by atoms with Crippen molar-refractivity contribution in [2.75, 3.05) is 6.54 Å². The largest absolute Gasteiger partial charge is 0.480 e. The molecule has 1 saturated carbocycles. The normalized spacial score (nSPS) is 17.2. The van der Waals surface area contributed by atoms with Crippen molar-refractivity contribution in [3.05, 3.63) is 0 Å². The molecule has 0 aliphatic heterocycles. The van der Waals surface area contributed by atoms with Gasteiger partial charge in [-0.05, 0) is 39.5 Å². The van der Waals surface area contributed by atoms with Gasteiger partial charge in [0.2, 0.25) is 5.91 Å². The zero-order valence-corrected chi connectivity index (χ0v) is 12.2. The van der Waals surface area contributed by atoms with Crippen LogP contribution in [0.25, 0.3) is 0 Å². The molecule has 0 radical (unpaired) electrons. The molecule has 0 aromatic heterocycles. The van der Waals surface area contributed by atoms with Crippen LogP contribution in [0.5, 0.6) is 0 Å². The Morgan fingerprint density at radius 3 is 2.35 bits per heavy atom. The molecule has 1 unspecified atom stereocenters. The molecule has 1 fully saturated rings. The Morgan fingerprint density at radius 1 is 1.30 bits per heavy atom. The van der Waals surface area contributed by atoms with Crippen LogP contribution in [-0.4, -0.2) is 41.1 Å². The average molecular weight is 285 g/mol. The van der Waals surface area contributed by atoms with E-state index in [1.165, 1.54) is 6.92 Å². The van der Waals surface area contributed by atoms with E-state index in [1.54, 1.807) is 0 Å². The molecule has 0 aromatic carbocycles. The molecule has 1 aliphatic rings. The molecule has 0 aromatic rings. The summed E-state index contributed by atoms with van der Waals surface area (Å²) < 4.78 is 0. The van der Waals surface area contributed by atoms with E-state index >= 15 is 0 Å². The summed E-state index contributed by atoms with van der Waals surface area (Å²) in [7, 11) is 0. The summed E-state index contributed by atoms with van der Waals surface area (Å²) in [5, 5.41) is 16.9. The van der Waals surface area contributed by atoms with Gasteiger partial charge in [-0.2, -0.15) is 0 Å². The second kappa shape index (κ2) is 6.58. The van der Waals surface area contributed by atoms with Gasteiger partial charge in [-0.3, -0.25) is 4.79 Å². The third kappa shape index (κ3) is 4.71. The Hall–Kier alpha value is -1.79. The highest BCUT2D eigenvalue weighted by Crippen LogP contribution is 2.39. The zero-order valence-electron chi connectivity index (χ0n) is 12.2. The predicted molar refractivity (Wildman–Crippen MR) is 73.2 cm³/mol. The lowest BCUT2D eigenvalue weighted by Crippen LogP contribution is -2.57. The van der Waals surface area contributed by atoms with E-state index in [0.717, 1.165) is 12.8 Å². The highest BCUT2D eigenvalue weighted by molar-refractivity contribution is 5.86. The molecule has 3 amide bonds. The van der Waals surface area contributed by atoms with Crippen molar-refractivity contribution >= 4 is 17.9 Å². The summed E-state index contributed by atoms with van der Waals surface area (Å²) in [4.78, 5) is 34.3. The molecule has 1 rings (SSSR count). The lowest BCUT2D eigenvalue weighted by Gasteiger charge is -2.26. The maximum absolute atomic E-state index is 11.7. The van der Waals surface area contributed by atoms with Crippen LogP contribution >= 0.6 is 0 Å². The van der Waals surface area contributed by atoms with Gasteiger partial charge in [0.05, 0.1) is 0 Å². The Balaban J connectivity index is 2.32. The number of carboxylic acid groups (broad SMARTS) is 1. The fourth-order valence-corrected chi connectivity index (χ4v) is 1.95. The van der Waals surface area contributed by atoms with Gasteiger partial charge in [0, 0.05) is 19.0 Å². The van der Waals surface area contributed by atoms with Gasteiger partial charge in [-0.25, -0.2) is 9.59 Å². The van der Waals surface area contributed by atoms with Gasteiger partial charge < -0.3 is 21.1 Å². The van der Waals surface area contributed by atoms with E-state index in [-0.39, 0.29) is 30.8 Å². The minimum Gasteiger partial charge on any atom is -0.480 e. The van der Waals surface area contributed by atoms with Crippen molar-refractivity contribution < 1.29 is 19.5 Å². The molecular formula is C13H23N3O4. The van der Waals surface area contributed by atoms with E-state index < -0.39 is 17.5 Å². The Labute approximate surface area is 118 Å². The van der Waals surface area contributed by atoms with Crippen LogP contribution in [-0.2, 0) is 9.59 Å². The first-order valence-electron chi connectivity index (χ1n) is 6.84. The maximum Gasteiger partial charge on any atom is 0.329 e. The first kappa shape index (κ1) is 16.3. The van der Waals surface area contributed by atoms with Crippen LogP contribution in [0.3, 0.4) is 0 Å². The molecule has 4 N–H and O–H groups in total. The molecular weight excluding hydrogens is 262 g/mol. The molecule has 0 heterocycles. The Bertz CT molecular complexity index is 393. The van der Waals surface area contributed by atoms with Gasteiger partial charge >= 0.3 is 12.0 Å². The molecule has 0 saturated heterocycles. The molecule has 114 valence electrons. The first-order valence-corrected chi connectivity index (χ1v) is 6.84. The average Bonchev–Trinajstić information content (AvgIpc) is 3.11. The highest BCUT2D eigenvalue weighted by Gasteiger charge is 2.48. The van der Waals surface area contributed by atoms with Crippen molar-refractivity contribution in [2.24, 2.45) is 5.92 Å². The van der Waals surface area contributed by atoms with E-state index in [1.807, 2.05) is 13.8 Å². The maximum atomic E-state index is 11.7. The summed E-state index contributed by atoms with van der Waals surface area (Å²) in [6.45, 7) is 5.39. The smallest absolute Gasteiger partial charge is 0.329 e. The third-order valence-electron chi connectivity index (χ3n) is 3.30. The van der Waals surface area contributed by atoms with Crippen LogP contribution in [0.15, 0.2) is 0 Å². The number of carbonyl (C=O) groups is 3. The van der Waals surface area contributed by atoms with Crippen LogP contribution in [0.2, 0.25) is 0 Å². The summed E-state index contributed by atoms with van der Waals surface area (Å²) >= 11 is 0. The number of carbonyl (C=O) groups excluding carboxylic acids is 2. The summed E-state index contributed by atoms with van der Waals surface area (Å²) in [5.74, 6) is -1.20. The van der Waals surface area contributed by atoms with Crippen LogP contribution in [0.1, 0.15) is 40.0 Å². The number of nitrogens with one attached hydrogen (secondary N) is 3. The fourth-order valence-electron chi connectivity index (χ4n) is 1.95. The second-order valence-corrected chi connectivity index (χ2v) is 5.63. The predicted octanol–water partition coefficient (Wildman–Crippen LogP) is 0.454. The van der Waals surface area contributed by atoms with Crippen molar-refractivity contribution in [1.29, 1.82) is 0 Å². The number of hydrogen-bond acceptors (Lipinski definition) is 3. The number of carboxylic acids is 1. The lowest BCUT2D eigenvalue weighted by molar-refractivity contribution is -0.144. The lowest BCUT2D eigenvalue weighted by atomic mass is 9.96. The summed E-state index contributed by atoms with van der Waals surface area (Å²) in [6, 6.07) is -0.499.